The summed E-state index contributed by atoms with van der Waals surface area (Å²) in [5, 5.41) is 18.6. The average Bonchev–Trinajstić information content (AvgIpc) is 3.18. The van der Waals surface area contributed by atoms with Gasteiger partial charge in [0.1, 0.15) is 0 Å². The second kappa shape index (κ2) is 8.40. The van der Waals surface area contributed by atoms with Gasteiger partial charge in [-0.1, -0.05) is 60.7 Å². The van der Waals surface area contributed by atoms with Crippen LogP contribution in [-0.2, 0) is 6.54 Å². The molecule has 6 nitrogen and oxygen atoms in total. The van der Waals surface area contributed by atoms with Crippen LogP contribution in [0, 0.1) is 16.9 Å². The summed E-state index contributed by atoms with van der Waals surface area (Å²) in [6.07, 6.45) is 0. The van der Waals surface area contributed by atoms with Crippen molar-refractivity contribution < 1.29 is 0 Å². The van der Waals surface area contributed by atoms with E-state index in [1.165, 1.54) is 0 Å². The van der Waals surface area contributed by atoms with Crippen LogP contribution >= 0.6 is 0 Å². The topological polar surface area (TPSA) is 103 Å². The summed E-state index contributed by atoms with van der Waals surface area (Å²) in [5.74, 6) is 5.60. The number of nitriles is 1. The van der Waals surface area contributed by atoms with E-state index in [0.717, 1.165) is 38.5 Å². The number of aromatic nitrogens is 1. The van der Waals surface area contributed by atoms with E-state index < -0.39 is 0 Å². The molecule has 0 unspecified atom stereocenters. The molecular formula is C27H20N6. The van der Waals surface area contributed by atoms with Gasteiger partial charge in [-0.2, -0.15) is 10.4 Å². The number of fused-ring (bicyclic) bond motifs is 3. The third-order valence-corrected chi connectivity index (χ3v) is 5.91. The lowest BCUT2D eigenvalue weighted by Crippen LogP contribution is -2.01. The summed E-state index contributed by atoms with van der Waals surface area (Å²) in [5.41, 5.74) is 14.0. The minimum Gasteiger partial charge on any atom is -0.336 e. The van der Waals surface area contributed by atoms with Gasteiger partial charge >= 0.3 is 0 Å². The smallest absolute Gasteiger partial charge is 0.199 e. The molecule has 3 N–H and O–H groups in total. The van der Waals surface area contributed by atoms with Gasteiger partial charge < -0.3 is 10.4 Å². The van der Waals surface area contributed by atoms with Gasteiger partial charge in [0, 0.05) is 33.9 Å². The summed E-state index contributed by atoms with van der Waals surface area (Å²) in [6, 6.07) is 32.4. The highest BCUT2D eigenvalue weighted by Gasteiger charge is 2.13. The molecule has 4 aromatic carbocycles. The van der Waals surface area contributed by atoms with Crippen molar-refractivity contribution in [3.8, 4) is 17.2 Å². The van der Waals surface area contributed by atoms with Crippen LogP contribution < -0.4 is 5.84 Å². The van der Waals surface area contributed by atoms with Gasteiger partial charge in [-0.15, -0.1) is 5.11 Å². The first-order chi connectivity index (χ1) is 16.2. The fourth-order valence-corrected chi connectivity index (χ4v) is 4.34. The number of para-hydroxylation sites is 1. The van der Waals surface area contributed by atoms with Gasteiger partial charge in [0.05, 0.1) is 11.6 Å². The highest BCUT2D eigenvalue weighted by molar-refractivity contribution is 6.11. The van der Waals surface area contributed by atoms with Crippen molar-refractivity contribution >= 4 is 27.6 Å². The van der Waals surface area contributed by atoms with E-state index in [-0.39, 0.29) is 5.84 Å². The summed E-state index contributed by atoms with van der Waals surface area (Å²) < 4.78 is 2.28. The van der Waals surface area contributed by atoms with Crippen molar-refractivity contribution in [2.45, 2.75) is 6.54 Å². The van der Waals surface area contributed by atoms with Gasteiger partial charge in [-0.3, -0.25) is 0 Å². The van der Waals surface area contributed by atoms with E-state index >= 15 is 0 Å². The molecule has 0 amide bonds. The number of hydrogen-bond acceptors (Lipinski definition) is 4. The number of amidine groups is 1. The van der Waals surface area contributed by atoms with Crippen LogP contribution in [0.25, 0.3) is 32.9 Å². The minimum atomic E-state index is 0.196. The minimum absolute atomic E-state index is 0.196. The third kappa shape index (κ3) is 3.52. The van der Waals surface area contributed by atoms with Crippen LogP contribution in [0.5, 0.6) is 0 Å². The number of benzene rings is 4. The summed E-state index contributed by atoms with van der Waals surface area (Å²) in [7, 11) is 0. The van der Waals surface area contributed by atoms with Crippen molar-refractivity contribution in [2.75, 3.05) is 0 Å². The Kier molecular flexibility index (Phi) is 5.13. The number of nitrogens with zero attached hydrogens (tertiary/aromatic N) is 4. The van der Waals surface area contributed by atoms with E-state index in [0.29, 0.717) is 17.7 Å². The van der Waals surface area contributed by atoms with Crippen molar-refractivity contribution in [1.29, 1.82) is 10.8 Å². The number of nitrogens with one attached hydrogen (secondary N) is 1. The lowest BCUT2D eigenvalue weighted by Gasteiger charge is -2.10. The van der Waals surface area contributed by atoms with Crippen LogP contribution in [0.1, 0.15) is 16.7 Å². The molecular weight excluding hydrogens is 408 g/mol. The molecule has 6 heteroatoms. The number of hydrogen-bond donors (Lipinski definition) is 2. The first kappa shape index (κ1) is 20.2. The largest absolute Gasteiger partial charge is 0.336 e. The molecule has 0 saturated carbocycles. The first-order valence-electron chi connectivity index (χ1n) is 10.5. The predicted molar refractivity (Wildman–Crippen MR) is 131 cm³/mol. The van der Waals surface area contributed by atoms with Crippen LogP contribution in [0.3, 0.4) is 0 Å². The Morgan fingerprint density at radius 1 is 0.879 bits per heavy atom. The molecule has 0 aliphatic heterocycles. The van der Waals surface area contributed by atoms with E-state index in [9.17, 15) is 5.26 Å². The zero-order valence-electron chi connectivity index (χ0n) is 17.7. The van der Waals surface area contributed by atoms with Crippen molar-refractivity contribution in [2.24, 2.45) is 16.1 Å². The molecule has 5 aromatic rings. The number of hydrazone groups is 1. The van der Waals surface area contributed by atoms with E-state index in [4.69, 9.17) is 11.4 Å². The number of nitrogens with two attached hydrogens (primary N) is 1. The SMILES string of the molecule is N#Cc1ccccc1-c1ccc(Cn2c3ccccc3c3cc(/C(N=N)=N/N)ccc32)cc1. The molecule has 1 heterocycles. The van der Waals surface area contributed by atoms with E-state index in [1.807, 2.05) is 54.6 Å². The van der Waals surface area contributed by atoms with Crippen LogP contribution in [0.2, 0.25) is 0 Å². The highest BCUT2D eigenvalue weighted by atomic mass is 15.2. The molecule has 0 saturated heterocycles. The van der Waals surface area contributed by atoms with Gasteiger partial charge in [0.25, 0.3) is 0 Å². The van der Waals surface area contributed by atoms with Gasteiger partial charge in [0.15, 0.2) is 5.84 Å². The summed E-state index contributed by atoms with van der Waals surface area (Å²) in [6.45, 7) is 0.699. The monoisotopic (exact) mass is 428 g/mol. The zero-order chi connectivity index (χ0) is 22.8. The Morgan fingerprint density at radius 2 is 1.61 bits per heavy atom. The highest BCUT2D eigenvalue weighted by Crippen LogP contribution is 2.31. The van der Waals surface area contributed by atoms with Gasteiger partial charge in [-0.05, 0) is 47.0 Å². The molecule has 0 aliphatic carbocycles. The Morgan fingerprint density at radius 3 is 2.36 bits per heavy atom. The molecule has 33 heavy (non-hydrogen) atoms. The van der Waals surface area contributed by atoms with Crippen LogP contribution in [-0.4, -0.2) is 10.4 Å². The molecule has 0 aliphatic rings. The average molecular weight is 428 g/mol. The van der Waals surface area contributed by atoms with Gasteiger partial charge in [-0.25, -0.2) is 5.53 Å². The molecule has 158 valence electrons. The summed E-state index contributed by atoms with van der Waals surface area (Å²) >= 11 is 0. The molecule has 0 atom stereocenters. The fraction of sp³-hybridized carbons (Fsp3) is 0.0370. The molecule has 0 spiro atoms. The van der Waals surface area contributed by atoms with Crippen LogP contribution in [0.15, 0.2) is 101 Å². The second-order valence-corrected chi connectivity index (χ2v) is 7.75. The van der Waals surface area contributed by atoms with Crippen molar-refractivity contribution in [3.63, 3.8) is 0 Å². The Balaban J connectivity index is 1.57. The zero-order valence-corrected chi connectivity index (χ0v) is 17.7. The first-order valence-corrected chi connectivity index (χ1v) is 10.5. The molecule has 0 fully saturated rings. The number of rotatable bonds is 4. The lowest BCUT2D eigenvalue weighted by molar-refractivity contribution is 0.869. The summed E-state index contributed by atoms with van der Waals surface area (Å²) in [4.78, 5) is 0. The maximum Gasteiger partial charge on any atom is 0.199 e. The van der Waals surface area contributed by atoms with E-state index in [1.54, 1.807) is 0 Å². The molecule has 5 rings (SSSR count). The molecule has 0 radical (unpaired) electrons. The van der Waals surface area contributed by atoms with E-state index in [2.05, 4.69) is 57.3 Å². The normalized spacial score (nSPS) is 11.5. The maximum atomic E-state index is 9.41. The predicted octanol–water partition coefficient (Wildman–Crippen LogP) is 6.03. The fourth-order valence-electron chi connectivity index (χ4n) is 4.34. The van der Waals surface area contributed by atoms with Crippen molar-refractivity contribution in [3.05, 3.63) is 108 Å². The Hall–Kier alpha value is -4.76. The van der Waals surface area contributed by atoms with Gasteiger partial charge in [0.2, 0.25) is 0 Å². The lowest BCUT2D eigenvalue weighted by atomic mass is 9.99. The van der Waals surface area contributed by atoms with Crippen molar-refractivity contribution in [1.82, 2.24) is 4.57 Å². The standard InChI is InChI=1S/C27H20N6/c28-16-21-5-1-2-6-22(21)19-11-9-18(10-12-19)17-33-25-8-4-3-7-23(25)24-15-20(13-14-26(24)33)27(31-29)32-30/h1-15,29H,17,30H2/b31-29?,32-27-. The Labute approximate surface area is 190 Å². The molecule has 1 aromatic heterocycles. The molecule has 0 bridgehead atoms. The second-order valence-electron chi connectivity index (χ2n) is 7.75. The maximum absolute atomic E-state index is 9.41. The van der Waals surface area contributed by atoms with Crippen LogP contribution in [0.4, 0.5) is 0 Å². The quantitative estimate of drug-likeness (QED) is 0.120. The Bertz CT molecular complexity index is 1570. The third-order valence-electron chi connectivity index (χ3n) is 5.91.